The van der Waals surface area contributed by atoms with E-state index in [-0.39, 0.29) is 41.8 Å². The number of likely N-dealkylation sites (tertiary alicyclic amines) is 1. The first-order valence-corrected chi connectivity index (χ1v) is 11.9. The first kappa shape index (κ1) is 29.8. The van der Waals surface area contributed by atoms with E-state index >= 15 is 0 Å². The van der Waals surface area contributed by atoms with Crippen LogP contribution in [0.3, 0.4) is 0 Å². The minimum absolute atomic E-state index is 0. The second-order valence-electron chi connectivity index (χ2n) is 9.66. The van der Waals surface area contributed by atoms with Gasteiger partial charge in [-0.2, -0.15) is 26.3 Å². The van der Waals surface area contributed by atoms with Crippen LogP contribution in [0, 0.1) is 11.8 Å². The number of benzene rings is 2. The molecule has 2 heterocycles. The SMILES string of the molecule is CN(Cc1cc(C(F)(F)F)cc(C(F)(F)F)c1)C(=O)C1CCN(C(=O)C2CNC2)CC1c1ccccc1.Cl. The van der Waals surface area contributed by atoms with Crippen molar-refractivity contribution in [3.05, 3.63) is 70.8 Å². The molecule has 0 bridgehead atoms. The number of piperidine rings is 1. The molecular weight excluding hydrogens is 536 g/mol. The van der Waals surface area contributed by atoms with Gasteiger partial charge in [-0.05, 0) is 35.7 Å². The summed E-state index contributed by atoms with van der Waals surface area (Å²) in [6.45, 7) is 1.46. The lowest BCUT2D eigenvalue weighted by Crippen LogP contribution is -2.55. The Morgan fingerprint density at radius 1 is 0.974 bits per heavy atom. The second kappa shape index (κ2) is 11.5. The molecule has 2 aliphatic heterocycles. The molecule has 2 aromatic rings. The molecule has 0 radical (unpaired) electrons. The Morgan fingerprint density at radius 3 is 2.05 bits per heavy atom. The Balaban J connectivity index is 0.00000400. The van der Waals surface area contributed by atoms with E-state index in [0.29, 0.717) is 44.7 Å². The zero-order valence-corrected chi connectivity index (χ0v) is 21.3. The minimum atomic E-state index is -4.97. The highest BCUT2D eigenvalue weighted by atomic mass is 35.5. The number of alkyl halides is 6. The van der Waals surface area contributed by atoms with E-state index in [2.05, 4.69) is 5.32 Å². The minimum Gasteiger partial charge on any atom is -0.342 e. The first-order valence-electron chi connectivity index (χ1n) is 11.9. The lowest BCUT2D eigenvalue weighted by molar-refractivity contribution is -0.144. The van der Waals surface area contributed by atoms with Crippen LogP contribution in [-0.4, -0.2) is 54.8 Å². The van der Waals surface area contributed by atoms with Crippen LogP contribution in [0.5, 0.6) is 0 Å². The summed E-state index contributed by atoms with van der Waals surface area (Å²) in [4.78, 5) is 29.3. The standard InChI is InChI=1S/C26H27F6N3O2.ClH/c1-34(14-16-9-19(25(27,28)29)11-20(10-16)26(30,31)32)24(37)21-7-8-35(23(36)18-12-33-13-18)15-22(21)17-5-3-2-4-6-17;/h2-6,9-11,18,21-22,33H,7-8,12-15H2,1H3;1H. The van der Waals surface area contributed by atoms with Gasteiger partial charge in [0.1, 0.15) is 0 Å². The summed E-state index contributed by atoms with van der Waals surface area (Å²) in [7, 11) is 1.37. The van der Waals surface area contributed by atoms with Gasteiger partial charge in [-0.15, -0.1) is 12.4 Å². The lowest BCUT2D eigenvalue weighted by atomic mass is 9.79. The Morgan fingerprint density at radius 2 is 1.55 bits per heavy atom. The number of halogens is 7. The average Bonchev–Trinajstić information content (AvgIpc) is 2.81. The summed E-state index contributed by atoms with van der Waals surface area (Å²) >= 11 is 0. The van der Waals surface area contributed by atoms with Crippen LogP contribution in [0.25, 0.3) is 0 Å². The highest BCUT2D eigenvalue weighted by molar-refractivity contribution is 5.85. The molecule has 0 aliphatic carbocycles. The average molecular weight is 564 g/mol. The number of carbonyl (C=O) groups is 2. The third-order valence-electron chi connectivity index (χ3n) is 7.04. The van der Waals surface area contributed by atoms with Gasteiger partial charge in [-0.25, -0.2) is 0 Å². The van der Waals surface area contributed by atoms with E-state index in [0.717, 1.165) is 5.56 Å². The van der Waals surface area contributed by atoms with Crippen molar-refractivity contribution >= 4 is 24.2 Å². The maximum atomic E-state index is 13.5. The van der Waals surface area contributed by atoms with Gasteiger partial charge in [0.15, 0.2) is 0 Å². The maximum Gasteiger partial charge on any atom is 0.416 e. The van der Waals surface area contributed by atoms with E-state index in [1.165, 1.54) is 11.9 Å². The molecule has 2 aliphatic rings. The smallest absolute Gasteiger partial charge is 0.342 e. The van der Waals surface area contributed by atoms with Crippen LogP contribution >= 0.6 is 12.4 Å². The fourth-order valence-corrected chi connectivity index (χ4v) is 4.95. The van der Waals surface area contributed by atoms with Gasteiger partial charge in [-0.3, -0.25) is 9.59 Å². The van der Waals surface area contributed by atoms with E-state index in [1.54, 1.807) is 4.90 Å². The molecule has 5 nitrogen and oxygen atoms in total. The lowest BCUT2D eigenvalue weighted by Gasteiger charge is -2.42. The molecule has 1 N–H and O–H groups in total. The number of nitrogens with zero attached hydrogens (tertiary/aromatic N) is 2. The molecule has 2 aromatic carbocycles. The van der Waals surface area contributed by atoms with Crippen molar-refractivity contribution in [3.8, 4) is 0 Å². The van der Waals surface area contributed by atoms with Crippen molar-refractivity contribution in [3.63, 3.8) is 0 Å². The van der Waals surface area contributed by atoms with Gasteiger partial charge < -0.3 is 15.1 Å². The number of nitrogens with one attached hydrogen (secondary N) is 1. The van der Waals surface area contributed by atoms with Gasteiger partial charge in [0.25, 0.3) is 0 Å². The van der Waals surface area contributed by atoms with Crippen molar-refractivity contribution in [1.29, 1.82) is 0 Å². The zero-order chi connectivity index (χ0) is 27.0. The maximum absolute atomic E-state index is 13.5. The highest BCUT2D eigenvalue weighted by Crippen LogP contribution is 2.38. The molecular formula is C26H28ClF6N3O2. The molecule has 12 heteroatoms. The predicted octanol–water partition coefficient (Wildman–Crippen LogP) is 4.96. The Labute approximate surface area is 222 Å². The topological polar surface area (TPSA) is 52.7 Å². The zero-order valence-electron chi connectivity index (χ0n) is 20.5. The second-order valence-corrected chi connectivity index (χ2v) is 9.66. The number of hydrogen-bond donors (Lipinski definition) is 1. The molecule has 4 rings (SSSR count). The molecule has 2 unspecified atom stereocenters. The van der Waals surface area contributed by atoms with Crippen LogP contribution in [0.1, 0.15) is 34.6 Å². The molecule has 2 atom stereocenters. The van der Waals surface area contributed by atoms with Gasteiger partial charge >= 0.3 is 12.4 Å². The van der Waals surface area contributed by atoms with Crippen molar-refractivity contribution in [2.24, 2.45) is 11.8 Å². The summed E-state index contributed by atoms with van der Waals surface area (Å²) < 4.78 is 79.6. The van der Waals surface area contributed by atoms with E-state index in [4.69, 9.17) is 0 Å². The summed E-state index contributed by atoms with van der Waals surface area (Å²) in [6.07, 6.45) is -9.59. The molecule has 0 aromatic heterocycles. The third-order valence-corrected chi connectivity index (χ3v) is 7.04. The molecule has 0 spiro atoms. The summed E-state index contributed by atoms with van der Waals surface area (Å²) in [5.74, 6) is -1.41. The van der Waals surface area contributed by atoms with Crippen molar-refractivity contribution < 1.29 is 35.9 Å². The summed E-state index contributed by atoms with van der Waals surface area (Å²) in [5, 5.41) is 3.07. The molecule has 2 amide bonds. The van der Waals surface area contributed by atoms with Gasteiger partial charge in [0, 0.05) is 51.6 Å². The number of rotatable bonds is 5. The van der Waals surface area contributed by atoms with E-state index < -0.39 is 41.8 Å². The number of amides is 2. The van der Waals surface area contributed by atoms with Crippen LogP contribution in [0.15, 0.2) is 48.5 Å². The number of carbonyl (C=O) groups excluding carboxylic acids is 2. The fourth-order valence-electron chi connectivity index (χ4n) is 4.95. The molecule has 208 valence electrons. The molecule has 2 fully saturated rings. The van der Waals surface area contributed by atoms with Gasteiger partial charge in [0.2, 0.25) is 11.8 Å². The molecule has 2 saturated heterocycles. The van der Waals surface area contributed by atoms with Gasteiger partial charge in [0.05, 0.1) is 17.0 Å². The monoisotopic (exact) mass is 563 g/mol. The van der Waals surface area contributed by atoms with Gasteiger partial charge in [-0.1, -0.05) is 30.3 Å². The van der Waals surface area contributed by atoms with Crippen LogP contribution in [0.2, 0.25) is 0 Å². The van der Waals surface area contributed by atoms with Crippen LogP contribution in [-0.2, 0) is 28.5 Å². The first-order chi connectivity index (χ1) is 17.3. The quantitative estimate of drug-likeness (QED) is 0.524. The van der Waals surface area contributed by atoms with E-state index in [9.17, 15) is 35.9 Å². The van der Waals surface area contributed by atoms with Crippen LogP contribution < -0.4 is 5.32 Å². The molecule has 38 heavy (non-hydrogen) atoms. The van der Waals surface area contributed by atoms with Crippen LogP contribution in [0.4, 0.5) is 26.3 Å². The Hall–Kier alpha value is -2.79. The van der Waals surface area contributed by atoms with Crippen molar-refractivity contribution in [1.82, 2.24) is 15.1 Å². The third kappa shape index (κ3) is 6.61. The summed E-state index contributed by atoms with van der Waals surface area (Å²) in [5.41, 5.74) is -2.26. The fraction of sp³-hybridized carbons (Fsp3) is 0.462. The predicted molar refractivity (Wildman–Crippen MR) is 130 cm³/mol. The summed E-state index contributed by atoms with van der Waals surface area (Å²) in [6, 6.07) is 10.5. The number of hydrogen-bond acceptors (Lipinski definition) is 3. The van der Waals surface area contributed by atoms with E-state index in [1.807, 2.05) is 30.3 Å². The van der Waals surface area contributed by atoms with Crippen molar-refractivity contribution in [2.75, 3.05) is 33.2 Å². The normalized spacial score (nSPS) is 20.3. The molecule has 0 saturated carbocycles. The Bertz CT molecular complexity index is 1110. The highest BCUT2D eigenvalue weighted by Gasteiger charge is 2.41. The Kier molecular flexibility index (Phi) is 9.03. The largest absolute Gasteiger partial charge is 0.416 e. The van der Waals surface area contributed by atoms with Crippen molar-refractivity contribution in [2.45, 2.75) is 31.2 Å².